The molecule has 0 saturated heterocycles. The summed E-state index contributed by atoms with van der Waals surface area (Å²) in [5, 5.41) is 11.7. The number of hydrogen-bond donors (Lipinski definition) is 1. The van der Waals surface area contributed by atoms with Gasteiger partial charge in [-0.05, 0) is 57.2 Å². The quantitative estimate of drug-likeness (QED) is 0.357. The number of amides is 2. The molecule has 1 aromatic carbocycles. The number of fused-ring (bicyclic) bond motifs is 1. The number of nitriles is 1. The number of amidine groups is 1. The van der Waals surface area contributed by atoms with E-state index in [1.165, 1.54) is 11.8 Å². The molecule has 2 rings (SSSR count). The third-order valence-corrected chi connectivity index (χ3v) is 3.90. The Kier molecular flexibility index (Phi) is 5.69. The smallest absolute Gasteiger partial charge is 0.421 e. The summed E-state index contributed by atoms with van der Waals surface area (Å²) in [5.41, 5.74) is 1.31. The van der Waals surface area contributed by atoms with Gasteiger partial charge in [0.15, 0.2) is 11.4 Å². The molecule has 1 N–H and O–H groups in total. The highest BCUT2D eigenvalue weighted by molar-refractivity contribution is 8.13. The van der Waals surface area contributed by atoms with E-state index in [4.69, 9.17) is 10.00 Å². The van der Waals surface area contributed by atoms with Crippen LogP contribution in [0.15, 0.2) is 23.2 Å². The lowest BCUT2D eigenvalue weighted by molar-refractivity contribution is -0.118. The summed E-state index contributed by atoms with van der Waals surface area (Å²) in [6.45, 7) is 5.26. The summed E-state index contributed by atoms with van der Waals surface area (Å²) < 4.78 is 5.34. The van der Waals surface area contributed by atoms with E-state index in [1.54, 1.807) is 32.9 Å². The predicted octanol–water partition coefficient (Wildman–Crippen LogP) is 3.32. The summed E-state index contributed by atoms with van der Waals surface area (Å²) in [6.07, 6.45) is 3.72. The van der Waals surface area contributed by atoms with Crippen LogP contribution in [0.4, 0.5) is 16.2 Å². The Morgan fingerprint density at radius 3 is 2.72 bits per heavy atom. The number of benzene rings is 1. The Hall–Kier alpha value is -2.53. The maximum Gasteiger partial charge on any atom is 0.421 e. The maximum absolute atomic E-state index is 12.4. The zero-order valence-corrected chi connectivity index (χ0v) is 15.4. The molecule has 1 heterocycles. The number of hydrogen-bond acceptors (Lipinski definition) is 6. The standard InChI is InChI=1S/C17H20N4O3S/c1-17(2,3)24-16(23)21-13-7-6-12(20-15(25-4)19-10-18)9-11(13)5-8-14(21)22/h6-7,9H,5,8H2,1-4H3,(H,19,20). The summed E-state index contributed by atoms with van der Waals surface area (Å²) in [6, 6.07) is 5.19. The zero-order chi connectivity index (χ0) is 18.6. The summed E-state index contributed by atoms with van der Waals surface area (Å²) in [4.78, 5) is 30.0. The van der Waals surface area contributed by atoms with Gasteiger partial charge in [-0.25, -0.2) is 14.7 Å². The lowest BCUT2D eigenvalue weighted by Crippen LogP contribution is -2.43. The first kappa shape index (κ1) is 18.8. The molecule has 0 saturated carbocycles. The number of carbonyl (C=O) groups is 2. The van der Waals surface area contributed by atoms with Crippen LogP contribution in [0.25, 0.3) is 0 Å². The van der Waals surface area contributed by atoms with Gasteiger partial charge in [0, 0.05) is 6.42 Å². The van der Waals surface area contributed by atoms with E-state index in [0.717, 1.165) is 10.5 Å². The van der Waals surface area contributed by atoms with Crippen LogP contribution in [-0.2, 0) is 16.0 Å². The average molecular weight is 360 g/mol. The van der Waals surface area contributed by atoms with E-state index in [1.807, 2.05) is 18.5 Å². The number of ether oxygens (including phenoxy) is 1. The number of anilines is 1. The number of aliphatic imine (C=N–C) groups is 1. The van der Waals surface area contributed by atoms with Crippen LogP contribution in [0, 0.1) is 11.5 Å². The van der Waals surface area contributed by atoms with E-state index in [9.17, 15) is 9.59 Å². The Bertz CT molecular complexity index is 762. The number of aryl methyl sites for hydroxylation is 1. The third kappa shape index (κ3) is 4.73. The molecule has 7 nitrogen and oxygen atoms in total. The number of thioether (sulfide) groups is 1. The van der Waals surface area contributed by atoms with Crippen LogP contribution >= 0.6 is 11.8 Å². The fourth-order valence-electron chi connectivity index (χ4n) is 2.35. The lowest BCUT2D eigenvalue weighted by atomic mass is 10.0. The highest BCUT2D eigenvalue weighted by Gasteiger charge is 2.33. The molecule has 1 aliphatic rings. The molecule has 1 aromatic rings. The first-order valence-corrected chi connectivity index (χ1v) is 8.94. The number of nitrogens with one attached hydrogen (secondary N) is 1. The van der Waals surface area contributed by atoms with Gasteiger partial charge in [-0.3, -0.25) is 10.1 Å². The average Bonchev–Trinajstić information content (AvgIpc) is 2.52. The number of carbonyl (C=O) groups excluding carboxylic acids is 2. The molecule has 0 aromatic heterocycles. The predicted molar refractivity (Wildman–Crippen MR) is 97.8 cm³/mol. The molecule has 8 heteroatoms. The van der Waals surface area contributed by atoms with E-state index in [2.05, 4.69) is 10.3 Å². The van der Waals surface area contributed by atoms with Crippen molar-refractivity contribution in [3.63, 3.8) is 0 Å². The molecule has 25 heavy (non-hydrogen) atoms. The maximum atomic E-state index is 12.4. The Morgan fingerprint density at radius 2 is 2.12 bits per heavy atom. The SMILES string of the molecule is CSC(=Nc1ccc2c(c1)CCC(=O)N2C(=O)OC(C)(C)C)NC#N. The van der Waals surface area contributed by atoms with Crippen molar-refractivity contribution in [1.29, 1.82) is 5.26 Å². The van der Waals surface area contributed by atoms with Gasteiger partial charge in [0.05, 0.1) is 11.4 Å². The van der Waals surface area contributed by atoms with Gasteiger partial charge in [-0.15, -0.1) is 0 Å². The molecular formula is C17H20N4O3S. The van der Waals surface area contributed by atoms with E-state index < -0.39 is 11.7 Å². The Morgan fingerprint density at radius 1 is 1.40 bits per heavy atom. The summed E-state index contributed by atoms with van der Waals surface area (Å²) in [5.74, 6) is -0.283. The molecule has 2 amide bonds. The highest BCUT2D eigenvalue weighted by atomic mass is 32.2. The Labute approximate surface area is 151 Å². The van der Waals surface area contributed by atoms with Gasteiger partial charge in [-0.1, -0.05) is 11.8 Å². The van der Waals surface area contributed by atoms with Gasteiger partial charge >= 0.3 is 6.09 Å². The minimum atomic E-state index is -0.685. The number of imide groups is 1. The van der Waals surface area contributed by atoms with Crippen LogP contribution < -0.4 is 10.2 Å². The van der Waals surface area contributed by atoms with Gasteiger partial charge in [0.25, 0.3) is 0 Å². The molecule has 0 atom stereocenters. The first-order chi connectivity index (χ1) is 11.7. The molecule has 1 aliphatic heterocycles. The van der Waals surface area contributed by atoms with Gasteiger partial charge < -0.3 is 4.74 Å². The lowest BCUT2D eigenvalue weighted by Gasteiger charge is -2.30. The second-order valence-corrected chi connectivity index (χ2v) is 7.18. The van der Waals surface area contributed by atoms with Crippen molar-refractivity contribution >= 4 is 40.3 Å². The normalized spacial score (nSPS) is 14.6. The highest BCUT2D eigenvalue weighted by Crippen LogP contribution is 2.32. The summed E-state index contributed by atoms with van der Waals surface area (Å²) >= 11 is 1.32. The fourth-order valence-corrected chi connectivity index (χ4v) is 2.69. The zero-order valence-electron chi connectivity index (χ0n) is 14.6. The summed E-state index contributed by atoms with van der Waals surface area (Å²) in [7, 11) is 0. The van der Waals surface area contributed by atoms with Crippen molar-refractivity contribution in [3.05, 3.63) is 23.8 Å². The van der Waals surface area contributed by atoms with Crippen LogP contribution in [0.2, 0.25) is 0 Å². The van der Waals surface area contributed by atoms with Gasteiger partial charge in [0.1, 0.15) is 5.60 Å². The Balaban J connectivity index is 2.35. The third-order valence-electron chi connectivity index (χ3n) is 3.32. The van der Waals surface area contributed by atoms with Crippen molar-refractivity contribution in [2.75, 3.05) is 11.2 Å². The number of rotatable bonds is 1. The first-order valence-electron chi connectivity index (χ1n) is 7.72. The van der Waals surface area contributed by atoms with Crippen molar-refractivity contribution in [3.8, 4) is 6.19 Å². The number of nitrogens with zero attached hydrogens (tertiary/aromatic N) is 3. The molecule has 132 valence electrons. The van der Waals surface area contributed by atoms with Crippen molar-refractivity contribution < 1.29 is 14.3 Å². The van der Waals surface area contributed by atoms with E-state index in [-0.39, 0.29) is 12.3 Å². The van der Waals surface area contributed by atoms with Crippen LogP contribution in [-0.4, -0.2) is 29.0 Å². The fraction of sp³-hybridized carbons (Fsp3) is 0.412. The van der Waals surface area contributed by atoms with Crippen molar-refractivity contribution in [2.24, 2.45) is 4.99 Å². The van der Waals surface area contributed by atoms with Crippen LogP contribution in [0.3, 0.4) is 0 Å². The molecule has 0 spiro atoms. The minimum Gasteiger partial charge on any atom is -0.443 e. The molecule has 0 radical (unpaired) electrons. The monoisotopic (exact) mass is 360 g/mol. The van der Waals surface area contributed by atoms with Gasteiger partial charge in [-0.2, -0.15) is 5.26 Å². The van der Waals surface area contributed by atoms with Crippen molar-refractivity contribution in [2.45, 2.75) is 39.2 Å². The van der Waals surface area contributed by atoms with E-state index >= 15 is 0 Å². The molecule has 0 bridgehead atoms. The van der Waals surface area contributed by atoms with Crippen LogP contribution in [0.5, 0.6) is 0 Å². The minimum absolute atomic E-state index is 0.227. The van der Waals surface area contributed by atoms with Crippen LogP contribution in [0.1, 0.15) is 32.8 Å². The molecule has 0 fully saturated rings. The second-order valence-electron chi connectivity index (χ2n) is 6.38. The topological polar surface area (TPSA) is 94.8 Å². The molecule has 0 unspecified atom stereocenters. The van der Waals surface area contributed by atoms with E-state index in [0.29, 0.717) is 23.0 Å². The largest absolute Gasteiger partial charge is 0.443 e. The molecule has 0 aliphatic carbocycles. The van der Waals surface area contributed by atoms with Crippen molar-refractivity contribution in [1.82, 2.24) is 5.32 Å². The molecular weight excluding hydrogens is 340 g/mol. The second kappa shape index (κ2) is 7.57. The van der Waals surface area contributed by atoms with Gasteiger partial charge in [0.2, 0.25) is 5.91 Å².